The van der Waals surface area contributed by atoms with Crippen molar-refractivity contribution >= 4 is 27.7 Å². The Morgan fingerprint density at radius 2 is 1.77 bits per heavy atom. The summed E-state index contributed by atoms with van der Waals surface area (Å²) >= 11 is 3.45. The summed E-state index contributed by atoms with van der Waals surface area (Å²) < 4.78 is 12.2. The molecule has 0 radical (unpaired) electrons. The van der Waals surface area contributed by atoms with Gasteiger partial charge >= 0.3 is 5.97 Å². The molecule has 2 aromatic carbocycles. The molecule has 1 N–H and O–H groups in total. The predicted octanol–water partition coefficient (Wildman–Crippen LogP) is 6.42. The summed E-state index contributed by atoms with van der Waals surface area (Å²) in [6.07, 6.45) is 1.20. The molecule has 0 bridgehead atoms. The smallest absolute Gasteiger partial charge is 0.336 e. The lowest BCUT2D eigenvalue weighted by atomic mass is 9.68. The van der Waals surface area contributed by atoms with Crippen molar-refractivity contribution in [3.8, 4) is 5.75 Å². The van der Waals surface area contributed by atoms with E-state index in [0.717, 1.165) is 50.3 Å². The number of hydrogen-bond donors (Lipinski definition) is 1. The lowest BCUT2D eigenvalue weighted by Crippen LogP contribution is -2.38. The summed E-state index contributed by atoms with van der Waals surface area (Å²) in [5, 5.41) is 3.38. The number of carbonyl (C=O) groups excluding carboxylic acids is 2. The van der Waals surface area contributed by atoms with Crippen LogP contribution in [0.4, 0.5) is 0 Å². The largest absolute Gasteiger partial charge is 0.489 e. The molecule has 2 aliphatic rings. The van der Waals surface area contributed by atoms with Gasteiger partial charge in [-0.2, -0.15) is 0 Å². The Hall–Kier alpha value is -2.86. The zero-order valence-corrected chi connectivity index (χ0v) is 22.8. The zero-order valence-electron chi connectivity index (χ0n) is 21.2. The van der Waals surface area contributed by atoms with Crippen LogP contribution in [0, 0.1) is 19.3 Å². The lowest BCUT2D eigenvalue weighted by molar-refractivity contribution is -0.136. The topological polar surface area (TPSA) is 64.6 Å². The molecule has 1 atom stereocenters. The number of rotatable bonds is 5. The molecular formula is C29H32BrNO4. The number of hydrogen-bond acceptors (Lipinski definition) is 5. The van der Waals surface area contributed by atoms with Gasteiger partial charge in [0.2, 0.25) is 0 Å². The molecule has 0 unspecified atom stereocenters. The summed E-state index contributed by atoms with van der Waals surface area (Å²) in [5.41, 5.74) is 6.76. The first-order valence-corrected chi connectivity index (χ1v) is 12.6. The lowest BCUT2D eigenvalue weighted by Gasteiger charge is -2.39. The second-order valence-corrected chi connectivity index (χ2v) is 11.2. The van der Waals surface area contributed by atoms with Crippen molar-refractivity contribution in [3.63, 3.8) is 0 Å². The van der Waals surface area contributed by atoms with E-state index < -0.39 is 11.9 Å². The Morgan fingerprint density at radius 3 is 2.43 bits per heavy atom. The minimum absolute atomic E-state index is 0.0790. The van der Waals surface area contributed by atoms with Crippen LogP contribution in [-0.2, 0) is 20.9 Å². The highest BCUT2D eigenvalue weighted by atomic mass is 79.9. The molecule has 1 aliphatic heterocycles. The first-order valence-electron chi connectivity index (χ1n) is 11.8. The second kappa shape index (κ2) is 9.65. The third kappa shape index (κ3) is 5.08. The van der Waals surface area contributed by atoms with Crippen LogP contribution in [0.25, 0.3) is 0 Å². The number of carbonyl (C=O) groups is 2. The molecule has 0 saturated heterocycles. The summed E-state index contributed by atoms with van der Waals surface area (Å²) in [5.74, 6) is -0.0429. The number of aryl methyl sites for hydroxylation is 2. The Kier molecular flexibility index (Phi) is 6.96. The van der Waals surface area contributed by atoms with E-state index in [9.17, 15) is 9.59 Å². The van der Waals surface area contributed by atoms with Crippen LogP contribution in [0.3, 0.4) is 0 Å². The highest BCUT2D eigenvalue weighted by Crippen LogP contribution is 2.47. The minimum atomic E-state index is -0.477. The van der Waals surface area contributed by atoms with E-state index in [4.69, 9.17) is 9.47 Å². The molecule has 0 spiro atoms. The number of esters is 1. The van der Waals surface area contributed by atoms with Gasteiger partial charge in [0.25, 0.3) is 0 Å². The molecule has 6 heteroatoms. The average molecular weight is 538 g/mol. The summed E-state index contributed by atoms with van der Waals surface area (Å²) in [6.45, 7) is 10.6. The van der Waals surface area contributed by atoms with Gasteiger partial charge in [-0.1, -0.05) is 41.9 Å². The number of Topliss-reactive ketones (excluding diaryl/α,β-unsaturated/α-hetero) is 1. The van der Waals surface area contributed by atoms with Crippen LogP contribution < -0.4 is 10.1 Å². The summed E-state index contributed by atoms with van der Waals surface area (Å²) in [7, 11) is 1.38. The maximum absolute atomic E-state index is 13.5. The quantitative estimate of drug-likeness (QED) is 0.445. The fourth-order valence-electron chi connectivity index (χ4n) is 5.20. The Bertz CT molecular complexity index is 1250. The summed E-state index contributed by atoms with van der Waals surface area (Å²) in [4.78, 5) is 26.5. The molecule has 184 valence electrons. The minimum Gasteiger partial charge on any atom is -0.489 e. The fraction of sp³-hybridized carbons (Fsp3) is 0.379. The normalized spacial score (nSPS) is 19.3. The van der Waals surface area contributed by atoms with Crippen molar-refractivity contribution in [2.75, 3.05) is 7.11 Å². The molecule has 4 rings (SSSR count). The summed E-state index contributed by atoms with van der Waals surface area (Å²) in [6, 6.07) is 11.9. The van der Waals surface area contributed by atoms with Crippen molar-refractivity contribution in [1.29, 1.82) is 0 Å². The number of ketones is 1. The number of benzene rings is 2. The molecule has 0 aromatic heterocycles. The van der Waals surface area contributed by atoms with Crippen molar-refractivity contribution in [3.05, 3.63) is 85.7 Å². The number of halogens is 1. The van der Waals surface area contributed by atoms with E-state index >= 15 is 0 Å². The van der Waals surface area contributed by atoms with E-state index in [-0.39, 0.29) is 11.2 Å². The van der Waals surface area contributed by atoms with Crippen LogP contribution in [0.15, 0.2) is 63.4 Å². The second-order valence-electron chi connectivity index (χ2n) is 10.3. The van der Waals surface area contributed by atoms with Crippen molar-refractivity contribution in [1.82, 2.24) is 5.32 Å². The molecule has 5 nitrogen and oxygen atoms in total. The first-order chi connectivity index (χ1) is 16.5. The number of allylic oxidation sites excluding steroid dienone is 3. The SMILES string of the molecule is COC(=O)C1=C(C)NC2=C(C(=O)CC(C)(C)C2)[C@@H]1c1cc(COc2ccc(Br)cc2)c(C)cc1C. The van der Waals surface area contributed by atoms with E-state index in [1.807, 2.05) is 38.1 Å². The van der Waals surface area contributed by atoms with Crippen LogP contribution in [-0.4, -0.2) is 18.9 Å². The number of dihydropyridines is 1. The van der Waals surface area contributed by atoms with E-state index in [2.05, 4.69) is 54.2 Å². The van der Waals surface area contributed by atoms with Gasteiger partial charge < -0.3 is 14.8 Å². The Balaban J connectivity index is 1.81. The number of ether oxygens (including phenoxy) is 2. The highest BCUT2D eigenvalue weighted by Gasteiger charge is 2.43. The van der Waals surface area contributed by atoms with Gasteiger partial charge in [-0.3, -0.25) is 4.79 Å². The third-order valence-electron chi connectivity index (χ3n) is 6.89. The highest BCUT2D eigenvalue weighted by molar-refractivity contribution is 9.10. The molecule has 0 amide bonds. The van der Waals surface area contributed by atoms with Crippen LogP contribution in [0.2, 0.25) is 0 Å². The molecular weight excluding hydrogens is 506 g/mol. The average Bonchev–Trinajstić information content (AvgIpc) is 2.77. The predicted molar refractivity (Wildman–Crippen MR) is 140 cm³/mol. The monoisotopic (exact) mass is 537 g/mol. The van der Waals surface area contributed by atoms with E-state index in [1.165, 1.54) is 7.11 Å². The van der Waals surface area contributed by atoms with Gasteiger partial charge in [0, 0.05) is 33.8 Å². The maximum atomic E-state index is 13.5. The van der Waals surface area contributed by atoms with E-state index in [1.54, 1.807) is 0 Å². The van der Waals surface area contributed by atoms with Crippen LogP contribution in [0.1, 0.15) is 61.8 Å². The van der Waals surface area contributed by atoms with Crippen molar-refractivity contribution in [2.24, 2.45) is 5.41 Å². The van der Waals surface area contributed by atoms with Gasteiger partial charge in [0.1, 0.15) is 12.4 Å². The van der Waals surface area contributed by atoms with Gasteiger partial charge in [-0.15, -0.1) is 0 Å². The van der Waals surface area contributed by atoms with Crippen molar-refractivity contribution < 1.29 is 19.1 Å². The molecule has 0 saturated carbocycles. The molecule has 2 aromatic rings. The maximum Gasteiger partial charge on any atom is 0.336 e. The van der Waals surface area contributed by atoms with Gasteiger partial charge in [0.15, 0.2) is 5.78 Å². The molecule has 1 heterocycles. The fourth-order valence-corrected chi connectivity index (χ4v) is 5.47. The number of methoxy groups -OCH3 is 1. The van der Waals surface area contributed by atoms with E-state index in [0.29, 0.717) is 24.2 Å². The van der Waals surface area contributed by atoms with Gasteiger partial charge in [0.05, 0.1) is 12.7 Å². The molecule has 1 aliphatic carbocycles. The van der Waals surface area contributed by atoms with Crippen LogP contribution in [0.5, 0.6) is 5.75 Å². The standard InChI is InChI=1S/C29H32BrNO4/c1-16-11-17(2)22(12-19(16)15-35-21-9-7-20(30)8-10-21)26-25(28(33)34-6)18(3)31-23-13-29(4,5)14-24(32)27(23)26/h7-12,26,31H,13-15H2,1-6H3/t26-/m1/s1. The molecule has 35 heavy (non-hydrogen) atoms. The Morgan fingerprint density at radius 1 is 1.09 bits per heavy atom. The zero-order chi connectivity index (χ0) is 25.5. The first kappa shape index (κ1) is 25.2. The van der Waals surface area contributed by atoms with Crippen LogP contribution >= 0.6 is 15.9 Å². The van der Waals surface area contributed by atoms with Gasteiger partial charge in [-0.05, 0) is 79.1 Å². The third-order valence-corrected chi connectivity index (χ3v) is 7.42. The van der Waals surface area contributed by atoms with Gasteiger partial charge in [-0.25, -0.2) is 4.79 Å². The van der Waals surface area contributed by atoms with Crippen molar-refractivity contribution in [2.45, 2.75) is 60.0 Å². The number of nitrogens with one attached hydrogen (secondary N) is 1. The molecule has 0 fully saturated rings. The Labute approximate surface area is 215 Å².